The minimum atomic E-state index is -0.551. The summed E-state index contributed by atoms with van der Waals surface area (Å²) in [4.78, 5) is 29.4. The molecule has 5 nitrogen and oxygen atoms in total. The van der Waals surface area contributed by atoms with Gasteiger partial charge in [0.2, 0.25) is 5.91 Å². The molecule has 2 rings (SSSR count). The van der Waals surface area contributed by atoms with Gasteiger partial charge in [-0.2, -0.15) is 0 Å². The zero-order chi connectivity index (χ0) is 21.3. The number of alkyl carbamates (subject to hydrolysis) is 1. The molecule has 0 bridgehead atoms. The lowest BCUT2D eigenvalue weighted by Crippen LogP contribution is -2.47. The molecule has 2 amide bonds. The fourth-order valence-corrected chi connectivity index (χ4v) is 4.33. The molecule has 0 radical (unpaired) electrons. The Morgan fingerprint density at radius 1 is 1.14 bits per heavy atom. The van der Waals surface area contributed by atoms with E-state index < -0.39 is 11.7 Å². The van der Waals surface area contributed by atoms with Crippen molar-refractivity contribution in [2.45, 2.75) is 71.6 Å². The lowest BCUT2D eigenvalue weighted by Gasteiger charge is -2.29. The molecule has 0 aliphatic rings. The van der Waals surface area contributed by atoms with E-state index in [0.717, 1.165) is 29.0 Å². The van der Waals surface area contributed by atoms with Gasteiger partial charge in [-0.25, -0.2) is 4.79 Å². The van der Waals surface area contributed by atoms with E-state index in [9.17, 15) is 9.59 Å². The van der Waals surface area contributed by atoms with Crippen LogP contribution in [0.15, 0.2) is 35.0 Å². The Bertz CT molecular complexity index is 737. The van der Waals surface area contributed by atoms with Crippen LogP contribution in [-0.2, 0) is 22.5 Å². The third-order valence-electron chi connectivity index (χ3n) is 4.25. The summed E-state index contributed by atoms with van der Waals surface area (Å²) in [6.45, 7) is 8.70. The number of carbonyl (C=O) groups is 2. The van der Waals surface area contributed by atoms with Crippen molar-refractivity contribution < 1.29 is 14.3 Å². The number of thiophene rings is 2. The summed E-state index contributed by atoms with van der Waals surface area (Å²) in [5.41, 5.74) is -0.551. The second kappa shape index (κ2) is 11.4. The molecular formula is C22H32N2O3S2. The number of nitrogens with zero attached hydrogens (tertiary/aromatic N) is 1. The van der Waals surface area contributed by atoms with Crippen LogP contribution in [-0.4, -0.2) is 35.1 Å². The third kappa shape index (κ3) is 9.00. The molecule has 0 saturated carbocycles. The molecule has 7 heteroatoms. The standard InChI is InChI=1S/C22H32N2O3S2/c1-5-6-9-17(23-21(26)27-22(2,3)4)15-24(16-19-11-8-13-29-19)20(25)14-18-10-7-12-28-18/h7-8,10-13,17H,5-6,9,14-16H2,1-4H3,(H,23,26)/t17-/m0/s1. The van der Waals surface area contributed by atoms with Gasteiger partial charge in [0.1, 0.15) is 5.60 Å². The van der Waals surface area contributed by atoms with Crippen LogP contribution < -0.4 is 5.32 Å². The molecular weight excluding hydrogens is 404 g/mol. The fourth-order valence-electron chi connectivity index (χ4n) is 2.92. The topological polar surface area (TPSA) is 58.6 Å². The maximum atomic E-state index is 13.1. The van der Waals surface area contributed by atoms with Crippen molar-refractivity contribution in [2.24, 2.45) is 0 Å². The summed E-state index contributed by atoms with van der Waals surface area (Å²) in [6, 6.07) is 7.84. The highest BCUT2D eigenvalue weighted by Crippen LogP contribution is 2.17. The molecule has 0 fully saturated rings. The van der Waals surface area contributed by atoms with Gasteiger partial charge in [0.25, 0.3) is 0 Å². The minimum Gasteiger partial charge on any atom is -0.444 e. The van der Waals surface area contributed by atoms with Crippen LogP contribution in [0.4, 0.5) is 4.79 Å². The van der Waals surface area contributed by atoms with Crippen LogP contribution in [0, 0.1) is 0 Å². The van der Waals surface area contributed by atoms with Gasteiger partial charge in [-0.1, -0.05) is 31.9 Å². The van der Waals surface area contributed by atoms with Crippen LogP contribution in [0.2, 0.25) is 0 Å². The van der Waals surface area contributed by atoms with Gasteiger partial charge in [0, 0.05) is 22.3 Å². The van der Waals surface area contributed by atoms with Crippen molar-refractivity contribution in [1.82, 2.24) is 10.2 Å². The molecule has 0 unspecified atom stereocenters. The average molecular weight is 437 g/mol. The highest BCUT2D eigenvalue weighted by Gasteiger charge is 2.24. The first-order chi connectivity index (χ1) is 13.8. The summed E-state index contributed by atoms with van der Waals surface area (Å²) in [5, 5.41) is 6.99. The number of ether oxygens (including phenoxy) is 1. The first-order valence-corrected chi connectivity index (χ1v) is 11.8. The van der Waals surface area contributed by atoms with Gasteiger partial charge in [-0.05, 0) is 50.1 Å². The molecule has 1 atom stereocenters. The molecule has 160 valence electrons. The van der Waals surface area contributed by atoms with Crippen molar-refractivity contribution in [3.63, 3.8) is 0 Å². The van der Waals surface area contributed by atoms with E-state index in [1.165, 1.54) is 0 Å². The minimum absolute atomic E-state index is 0.0772. The largest absolute Gasteiger partial charge is 0.444 e. The van der Waals surface area contributed by atoms with Gasteiger partial charge >= 0.3 is 6.09 Å². The Labute approximate surface area is 182 Å². The highest BCUT2D eigenvalue weighted by molar-refractivity contribution is 7.10. The summed E-state index contributed by atoms with van der Waals surface area (Å²) >= 11 is 3.23. The second-order valence-electron chi connectivity index (χ2n) is 8.10. The van der Waals surface area contributed by atoms with E-state index in [-0.39, 0.29) is 11.9 Å². The number of carbonyl (C=O) groups excluding carboxylic acids is 2. The van der Waals surface area contributed by atoms with Crippen molar-refractivity contribution in [3.8, 4) is 0 Å². The maximum Gasteiger partial charge on any atom is 0.407 e. The molecule has 0 saturated heterocycles. The summed E-state index contributed by atoms with van der Waals surface area (Å²) in [6.07, 6.45) is 2.77. The predicted octanol–water partition coefficient (Wildman–Crippen LogP) is 5.46. The lowest BCUT2D eigenvalue weighted by molar-refractivity contribution is -0.131. The van der Waals surface area contributed by atoms with Crippen LogP contribution >= 0.6 is 22.7 Å². The summed E-state index contributed by atoms with van der Waals surface area (Å²) in [7, 11) is 0. The Kier molecular flexibility index (Phi) is 9.17. The monoisotopic (exact) mass is 436 g/mol. The fraction of sp³-hybridized carbons (Fsp3) is 0.545. The van der Waals surface area contributed by atoms with Crippen molar-refractivity contribution >= 4 is 34.7 Å². The number of nitrogens with one attached hydrogen (secondary N) is 1. The van der Waals surface area contributed by atoms with Gasteiger partial charge in [-0.3, -0.25) is 4.79 Å². The van der Waals surface area contributed by atoms with E-state index >= 15 is 0 Å². The molecule has 0 aliphatic heterocycles. The molecule has 2 aromatic rings. The molecule has 29 heavy (non-hydrogen) atoms. The van der Waals surface area contributed by atoms with E-state index in [0.29, 0.717) is 19.5 Å². The number of rotatable bonds is 10. The number of amides is 2. The summed E-state index contributed by atoms with van der Waals surface area (Å²) < 4.78 is 5.43. The number of unbranched alkanes of at least 4 members (excludes halogenated alkanes) is 1. The average Bonchev–Trinajstić information content (AvgIpc) is 3.31. The molecule has 1 N–H and O–H groups in total. The number of hydrogen-bond acceptors (Lipinski definition) is 5. The van der Waals surface area contributed by atoms with Crippen LogP contribution in [0.25, 0.3) is 0 Å². The lowest BCUT2D eigenvalue weighted by atomic mass is 10.1. The van der Waals surface area contributed by atoms with Crippen molar-refractivity contribution in [1.29, 1.82) is 0 Å². The zero-order valence-corrected chi connectivity index (χ0v) is 19.4. The Hall–Kier alpha value is -1.86. The van der Waals surface area contributed by atoms with Gasteiger partial charge in [-0.15, -0.1) is 22.7 Å². The summed E-state index contributed by atoms with van der Waals surface area (Å²) in [5.74, 6) is 0.0772. The number of hydrogen-bond donors (Lipinski definition) is 1. The quantitative estimate of drug-likeness (QED) is 0.538. The molecule has 2 aromatic heterocycles. The smallest absolute Gasteiger partial charge is 0.407 e. The van der Waals surface area contributed by atoms with E-state index in [1.807, 2.05) is 60.7 Å². The maximum absolute atomic E-state index is 13.1. The van der Waals surface area contributed by atoms with Gasteiger partial charge < -0.3 is 15.0 Å². The highest BCUT2D eigenvalue weighted by atomic mass is 32.1. The molecule has 2 heterocycles. The van der Waals surface area contributed by atoms with E-state index in [4.69, 9.17) is 4.74 Å². The zero-order valence-electron chi connectivity index (χ0n) is 17.8. The molecule has 0 aromatic carbocycles. The Balaban J connectivity index is 2.09. The van der Waals surface area contributed by atoms with Gasteiger partial charge in [0.05, 0.1) is 13.0 Å². The molecule has 0 aliphatic carbocycles. The van der Waals surface area contributed by atoms with Crippen LogP contribution in [0.5, 0.6) is 0 Å². The molecule has 0 spiro atoms. The first kappa shape index (κ1) is 23.4. The predicted molar refractivity (Wildman–Crippen MR) is 120 cm³/mol. The Morgan fingerprint density at radius 2 is 1.79 bits per heavy atom. The van der Waals surface area contributed by atoms with E-state index in [2.05, 4.69) is 12.2 Å². The van der Waals surface area contributed by atoms with Crippen LogP contribution in [0.1, 0.15) is 56.7 Å². The van der Waals surface area contributed by atoms with Crippen LogP contribution in [0.3, 0.4) is 0 Å². The van der Waals surface area contributed by atoms with Crippen molar-refractivity contribution in [2.75, 3.05) is 6.54 Å². The van der Waals surface area contributed by atoms with Gasteiger partial charge in [0.15, 0.2) is 0 Å². The second-order valence-corrected chi connectivity index (χ2v) is 10.2. The Morgan fingerprint density at radius 3 is 2.34 bits per heavy atom. The SMILES string of the molecule is CCCC[C@@H](CN(Cc1cccs1)C(=O)Cc1cccs1)NC(=O)OC(C)(C)C. The van der Waals surface area contributed by atoms with E-state index in [1.54, 1.807) is 22.7 Å². The van der Waals surface area contributed by atoms with Crippen molar-refractivity contribution in [3.05, 3.63) is 44.8 Å². The normalized spacial score (nSPS) is 12.4. The first-order valence-electron chi connectivity index (χ1n) is 10.1. The third-order valence-corrected chi connectivity index (χ3v) is 5.99.